The van der Waals surface area contributed by atoms with Crippen LogP contribution >= 0.6 is 23.1 Å². The number of benzene rings is 1. The number of nitro groups is 1. The minimum absolute atomic E-state index is 0.238. The van der Waals surface area contributed by atoms with E-state index in [2.05, 4.69) is 0 Å². The molecule has 20 heavy (non-hydrogen) atoms. The Morgan fingerprint density at radius 2 is 1.85 bits per heavy atom. The lowest BCUT2D eigenvalue weighted by molar-refractivity contribution is -0.427. The van der Waals surface area contributed by atoms with Gasteiger partial charge in [0.1, 0.15) is 5.25 Å². The molecule has 1 aromatic carbocycles. The van der Waals surface area contributed by atoms with E-state index in [0.29, 0.717) is 0 Å². The number of thiophene rings is 1. The van der Waals surface area contributed by atoms with Crippen LogP contribution in [-0.2, 0) is 0 Å². The first-order valence-corrected chi connectivity index (χ1v) is 7.83. The van der Waals surface area contributed by atoms with Crippen molar-refractivity contribution >= 4 is 28.0 Å². The van der Waals surface area contributed by atoms with Gasteiger partial charge in [-0.25, -0.2) is 0 Å². The average Bonchev–Trinajstić information content (AvgIpc) is 3.02. The molecule has 1 aromatic heterocycles. The molecule has 2 aromatic rings. The summed E-state index contributed by atoms with van der Waals surface area (Å²) < 4.78 is 0. The Hall–Kier alpha value is -1.85. The molecular formula is C15H11NO2S2. The van der Waals surface area contributed by atoms with E-state index in [9.17, 15) is 10.1 Å². The average molecular weight is 301 g/mol. The van der Waals surface area contributed by atoms with Gasteiger partial charge in [0, 0.05) is 15.9 Å². The summed E-state index contributed by atoms with van der Waals surface area (Å²) in [5, 5.41) is 13.0. The lowest BCUT2D eigenvalue weighted by atomic mass is 10.1. The molecule has 1 aliphatic heterocycles. The van der Waals surface area contributed by atoms with Crippen molar-refractivity contribution in [3.63, 3.8) is 0 Å². The van der Waals surface area contributed by atoms with Crippen LogP contribution < -0.4 is 0 Å². The highest BCUT2D eigenvalue weighted by Crippen LogP contribution is 2.47. The predicted molar refractivity (Wildman–Crippen MR) is 84.1 cm³/mol. The first-order valence-electron chi connectivity index (χ1n) is 6.07. The Morgan fingerprint density at radius 3 is 2.50 bits per heavy atom. The molecule has 3 rings (SSSR count). The van der Waals surface area contributed by atoms with Gasteiger partial charge in [-0.2, -0.15) is 0 Å². The van der Waals surface area contributed by atoms with E-state index in [1.165, 1.54) is 0 Å². The molecule has 0 N–H and O–H groups in total. The van der Waals surface area contributed by atoms with E-state index in [0.717, 1.165) is 15.3 Å². The minimum atomic E-state index is -0.285. The number of thioether (sulfide) groups is 1. The van der Waals surface area contributed by atoms with Gasteiger partial charge in [0.25, 0.3) is 5.70 Å². The van der Waals surface area contributed by atoms with Gasteiger partial charge in [-0.05, 0) is 23.1 Å². The zero-order valence-electron chi connectivity index (χ0n) is 10.4. The lowest BCUT2D eigenvalue weighted by Crippen LogP contribution is -2.10. The third kappa shape index (κ3) is 2.55. The van der Waals surface area contributed by atoms with E-state index in [1.807, 2.05) is 53.9 Å². The molecule has 5 heteroatoms. The highest BCUT2D eigenvalue weighted by molar-refractivity contribution is 8.08. The van der Waals surface area contributed by atoms with Crippen LogP contribution in [0.5, 0.6) is 0 Å². The van der Waals surface area contributed by atoms with Gasteiger partial charge >= 0.3 is 0 Å². The van der Waals surface area contributed by atoms with Crippen molar-refractivity contribution in [1.29, 1.82) is 0 Å². The van der Waals surface area contributed by atoms with E-state index in [4.69, 9.17) is 0 Å². The van der Waals surface area contributed by atoms with Gasteiger partial charge in [0.2, 0.25) is 0 Å². The molecule has 1 atom stereocenters. The molecule has 2 heterocycles. The molecule has 1 aliphatic rings. The maximum absolute atomic E-state index is 11.2. The summed E-state index contributed by atoms with van der Waals surface area (Å²) in [5.74, 6) is 0. The fourth-order valence-corrected chi connectivity index (χ4v) is 4.15. The van der Waals surface area contributed by atoms with Gasteiger partial charge in [0.15, 0.2) is 0 Å². The topological polar surface area (TPSA) is 43.1 Å². The third-order valence-corrected chi connectivity index (χ3v) is 5.39. The Labute approximate surface area is 124 Å². The Kier molecular flexibility index (Phi) is 3.71. The summed E-state index contributed by atoms with van der Waals surface area (Å²) in [5.41, 5.74) is 1.20. The van der Waals surface area contributed by atoms with E-state index < -0.39 is 0 Å². The van der Waals surface area contributed by atoms with E-state index in [-0.39, 0.29) is 15.9 Å². The van der Waals surface area contributed by atoms with Crippen LogP contribution in [0.2, 0.25) is 0 Å². The van der Waals surface area contributed by atoms with Gasteiger partial charge in [-0.1, -0.05) is 36.4 Å². The number of nitrogens with zero attached hydrogens (tertiary/aromatic N) is 1. The molecule has 0 saturated carbocycles. The zero-order chi connectivity index (χ0) is 13.9. The highest BCUT2D eigenvalue weighted by Gasteiger charge is 2.31. The Bertz CT molecular complexity index is 675. The van der Waals surface area contributed by atoms with Crippen molar-refractivity contribution in [3.8, 4) is 0 Å². The van der Waals surface area contributed by atoms with Gasteiger partial charge in [-0.3, -0.25) is 10.1 Å². The second kappa shape index (κ2) is 5.64. The minimum Gasteiger partial charge on any atom is -0.259 e. The molecule has 0 saturated heterocycles. The van der Waals surface area contributed by atoms with Crippen molar-refractivity contribution in [2.45, 2.75) is 5.25 Å². The van der Waals surface area contributed by atoms with Crippen LogP contribution in [0.15, 0.2) is 65.7 Å². The van der Waals surface area contributed by atoms with Gasteiger partial charge in [-0.15, -0.1) is 23.1 Å². The molecule has 0 amide bonds. The maximum atomic E-state index is 11.2. The van der Waals surface area contributed by atoms with Crippen LogP contribution in [0, 0.1) is 10.1 Å². The molecule has 0 fully saturated rings. The van der Waals surface area contributed by atoms with Crippen LogP contribution in [-0.4, -0.2) is 4.92 Å². The molecular weight excluding hydrogens is 290 g/mol. The largest absolute Gasteiger partial charge is 0.263 e. The summed E-state index contributed by atoms with van der Waals surface area (Å²) in [6.45, 7) is 0. The normalized spacial score (nSPS) is 18.3. The summed E-state index contributed by atoms with van der Waals surface area (Å²) in [6, 6.07) is 13.6. The zero-order valence-corrected chi connectivity index (χ0v) is 12.1. The van der Waals surface area contributed by atoms with Gasteiger partial charge in [0.05, 0.1) is 4.92 Å². The molecule has 0 aliphatic carbocycles. The standard InChI is InChI=1S/C15H11NO2S2/c17-16(18)12-8-9-14(13-7-4-10-19-13)20-15(12)11-5-2-1-3-6-11/h1-10,15H. The number of allylic oxidation sites excluding steroid dienone is 2. The van der Waals surface area contributed by atoms with Crippen LogP contribution in [0.3, 0.4) is 0 Å². The summed E-state index contributed by atoms with van der Waals surface area (Å²) in [7, 11) is 0. The monoisotopic (exact) mass is 301 g/mol. The van der Waals surface area contributed by atoms with Crippen molar-refractivity contribution in [3.05, 3.63) is 86.2 Å². The summed E-state index contributed by atoms with van der Waals surface area (Å²) >= 11 is 3.19. The van der Waals surface area contributed by atoms with Crippen LogP contribution in [0.1, 0.15) is 15.7 Å². The predicted octanol–water partition coefficient (Wildman–Crippen LogP) is 4.74. The van der Waals surface area contributed by atoms with Crippen molar-refractivity contribution in [2.24, 2.45) is 0 Å². The SMILES string of the molecule is O=[N+]([O-])C1=CC=C(c2cccs2)SC1c1ccccc1. The molecule has 1 unspecified atom stereocenters. The van der Waals surface area contributed by atoms with Crippen molar-refractivity contribution in [2.75, 3.05) is 0 Å². The first-order chi connectivity index (χ1) is 9.75. The van der Waals surface area contributed by atoms with E-state index in [1.54, 1.807) is 29.2 Å². The second-order valence-corrected chi connectivity index (χ2v) is 6.36. The van der Waals surface area contributed by atoms with E-state index >= 15 is 0 Å². The van der Waals surface area contributed by atoms with Crippen LogP contribution in [0.25, 0.3) is 4.91 Å². The fourth-order valence-electron chi connectivity index (χ4n) is 2.06. The smallest absolute Gasteiger partial charge is 0.259 e. The number of rotatable bonds is 3. The maximum Gasteiger partial charge on any atom is 0.263 e. The number of hydrogen-bond donors (Lipinski definition) is 0. The molecule has 0 bridgehead atoms. The quantitative estimate of drug-likeness (QED) is 0.607. The van der Waals surface area contributed by atoms with Gasteiger partial charge < -0.3 is 0 Å². The number of hydrogen-bond acceptors (Lipinski definition) is 4. The molecule has 100 valence electrons. The summed E-state index contributed by atoms with van der Waals surface area (Å²) in [6.07, 6.45) is 3.47. The molecule has 3 nitrogen and oxygen atoms in total. The van der Waals surface area contributed by atoms with Crippen molar-refractivity contribution in [1.82, 2.24) is 0 Å². The Balaban J connectivity index is 2.00. The second-order valence-electron chi connectivity index (χ2n) is 4.27. The third-order valence-electron chi connectivity index (χ3n) is 3.00. The Morgan fingerprint density at radius 1 is 1.05 bits per heavy atom. The van der Waals surface area contributed by atoms with Crippen molar-refractivity contribution < 1.29 is 4.92 Å². The fraction of sp³-hybridized carbons (Fsp3) is 0.0667. The summed E-state index contributed by atoms with van der Waals surface area (Å²) in [4.78, 5) is 13.2. The lowest BCUT2D eigenvalue weighted by Gasteiger charge is -2.19. The van der Waals surface area contributed by atoms with Crippen LogP contribution in [0.4, 0.5) is 0 Å². The molecule has 0 radical (unpaired) electrons. The molecule has 0 spiro atoms. The highest BCUT2D eigenvalue weighted by atomic mass is 32.2. The first kappa shape index (κ1) is 13.1.